The predicted octanol–water partition coefficient (Wildman–Crippen LogP) is 4.37. The van der Waals surface area contributed by atoms with Gasteiger partial charge in [0.1, 0.15) is 5.58 Å². The molecule has 1 aliphatic rings. The molecule has 192 valence electrons. The Morgan fingerprint density at radius 2 is 1.81 bits per heavy atom. The third kappa shape index (κ3) is 5.46. The normalized spacial score (nSPS) is 17.3. The molecule has 1 aromatic heterocycles. The molecule has 2 heterocycles. The van der Waals surface area contributed by atoms with Crippen molar-refractivity contribution in [2.24, 2.45) is 5.92 Å². The minimum atomic E-state index is -4.72. The van der Waals surface area contributed by atoms with Crippen molar-refractivity contribution in [3.63, 3.8) is 0 Å². The molecule has 1 fully saturated rings. The largest absolute Gasteiger partial charge is 0.466 e. The van der Waals surface area contributed by atoms with Crippen molar-refractivity contribution in [2.45, 2.75) is 37.3 Å². The maximum Gasteiger partial charge on any atom is 0.417 e. The Morgan fingerprint density at radius 3 is 2.47 bits per heavy atom. The fourth-order valence-electron chi connectivity index (χ4n) is 4.33. The maximum atomic E-state index is 13.4. The van der Waals surface area contributed by atoms with Gasteiger partial charge in [0, 0.05) is 24.5 Å². The molecule has 0 N–H and O–H groups in total. The van der Waals surface area contributed by atoms with Crippen LogP contribution < -0.4 is 5.63 Å². The fraction of sp³-hybridized carbons (Fsp3) is 0.360. The number of rotatable bonds is 6. The SMILES string of the molecule is CCOC(=O)C1CCCN(S(=O)(=O)c2ccc(Cc3ccc4oc(=O)cc(C(F)(F)F)c4c3)cc2)C1. The van der Waals surface area contributed by atoms with Crippen LogP contribution in [0.25, 0.3) is 11.0 Å². The van der Waals surface area contributed by atoms with E-state index in [-0.39, 0.29) is 35.4 Å². The van der Waals surface area contributed by atoms with Crippen molar-refractivity contribution < 1.29 is 35.5 Å². The summed E-state index contributed by atoms with van der Waals surface area (Å²) in [5.74, 6) is -0.914. The molecule has 1 saturated heterocycles. The number of carbonyl (C=O) groups excluding carboxylic acids is 1. The van der Waals surface area contributed by atoms with Crippen molar-refractivity contribution in [3.05, 3.63) is 75.6 Å². The number of piperidine rings is 1. The topological polar surface area (TPSA) is 93.9 Å². The van der Waals surface area contributed by atoms with Crippen molar-refractivity contribution in [1.29, 1.82) is 0 Å². The Morgan fingerprint density at radius 1 is 1.11 bits per heavy atom. The molecule has 0 aliphatic carbocycles. The van der Waals surface area contributed by atoms with Gasteiger partial charge in [-0.05, 0) is 61.6 Å². The van der Waals surface area contributed by atoms with E-state index in [1.807, 2.05) is 0 Å². The number of hydrogen-bond acceptors (Lipinski definition) is 6. The number of esters is 1. The number of hydrogen-bond donors (Lipinski definition) is 0. The van der Waals surface area contributed by atoms with Crippen LogP contribution in [0.1, 0.15) is 36.5 Å². The highest BCUT2D eigenvalue weighted by Crippen LogP contribution is 2.34. The number of halogens is 3. The highest BCUT2D eigenvalue weighted by molar-refractivity contribution is 7.89. The summed E-state index contributed by atoms with van der Waals surface area (Å²) >= 11 is 0. The summed E-state index contributed by atoms with van der Waals surface area (Å²) in [5, 5.41) is -0.222. The van der Waals surface area contributed by atoms with Crippen molar-refractivity contribution in [2.75, 3.05) is 19.7 Å². The van der Waals surface area contributed by atoms with Crippen LogP contribution in [-0.4, -0.2) is 38.4 Å². The maximum absolute atomic E-state index is 13.4. The smallest absolute Gasteiger partial charge is 0.417 e. The van der Waals surface area contributed by atoms with Gasteiger partial charge in [-0.3, -0.25) is 4.79 Å². The second-order valence-corrected chi connectivity index (χ2v) is 10.5. The van der Waals surface area contributed by atoms with E-state index in [0.717, 1.165) is 0 Å². The molecule has 4 rings (SSSR count). The summed E-state index contributed by atoms with van der Waals surface area (Å²) in [4.78, 5) is 23.6. The van der Waals surface area contributed by atoms with E-state index in [4.69, 9.17) is 9.15 Å². The number of carbonyl (C=O) groups is 1. The van der Waals surface area contributed by atoms with Gasteiger partial charge in [0.2, 0.25) is 10.0 Å². The Hall–Kier alpha value is -3.18. The van der Waals surface area contributed by atoms with Gasteiger partial charge in [0.15, 0.2) is 0 Å². The molecular weight excluding hydrogens is 499 g/mol. The lowest BCUT2D eigenvalue weighted by molar-refractivity contribution is -0.149. The van der Waals surface area contributed by atoms with Crippen LogP contribution in [-0.2, 0) is 32.2 Å². The lowest BCUT2D eigenvalue weighted by atomic mass is 10.0. The van der Waals surface area contributed by atoms with E-state index >= 15 is 0 Å². The van der Waals surface area contributed by atoms with Crippen molar-refractivity contribution >= 4 is 27.0 Å². The van der Waals surface area contributed by atoms with Gasteiger partial charge in [-0.25, -0.2) is 13.2 Å². The molecule has 0 spiro atoms. The second-order valence-electron chi connectivity index (χ2n) is 8.58. The molecule has 2 aromatic carbocycles. The minimum Gasteiger partial charge on any atom is -0.466 e. The van der Waals surface area contributed by atoms with Gasteiger partial charge >= 0.3 is 17.8 Å². The third-order valence-electron chi connectivity index (χ3n) is 6.09. The summed E-state index contributed by atoms with van der Waals surface area (Å²) in [6, 6.07) is 10.7. The number of benzene rings is 2. The zero-order valence-electron chi connectivity index (χ0n) is 19.4. The number of nitrogens with zero attached hydrogens (tertiary/aromatic N) is 1. The van der Waals surface area contributed by atoms with Crippen LogP contribution in [0.4, 0.5) is 13.2 Å². The van der Waals surface area contributed by atoms with E-state index in [1.165, 1.54) is 28.6 Å². The molecule has 0 amide bonds. The molecule has 1 atom stereocenters. The number of alkyl halides is 3. The van der Waals surface area contributed by atoms with Gasteiger partial charge in [-0.2, -0.15) is 17.5 Å². The quantitative estimate of drug-likeness (QED) is 0.352. The van der Waals surface area contributed by atoms with E-state index < -0.39 is 39.3 Å². The van der Waals surface area contributed by atoms with Gasteiger partial charge in [0.05, 0.1) is 23.0 Å². The number of ether oxygens (including phenoxy) is 1. The highest BCUT2D eigenvalue weighted by Gasteiger charge is 2.35. The summed E-state index contributed by atoms with van der Waals surface area (Å²) in [5.41, 5.74) is -1.10. The molecule has 7 nitrogen and oxygen atoms in total. The molecule has 1 unspecified atom stereocenters. The molecular formula is C25H24F3NO6S. The monoisotopic (exact) mass is 523 g/mol. The lowest BCUT2D eigenvalue weighted by Gasteiger charge is -2.30. The van der Waals surface area contributed by atoms with Gasteiger partial charge in [-0.15, -0.1) is 0 Å². The van der Waals surface area contributed by atoms with E-state index in [9.17, 15) is 31.2 Å². The highest BCUT2D eigenvalue weighted by atomic mass is 32.2. The first kappa shape index (κ1) is 25.9. The molecule has 0 saturated carbocycles. The lowest BCUT2D eigenvalue weighted by Crippen LogP contribution is -2.42. The molecule has 3 aromatic rings. The summed E-state index contributed by atoms with van der Waals surface area (Å²) in [7, 11) is -3.83. The first-order chi connectivity index (χ1) is 17.0. The number of fused-ring (bicyclic) bond motifs is 1. The molecule has 0 bridgehead atoms. The zero-order chi connectivity index (χ0) is 26.1. The van der Waals surface area contributed by atoms with E-state index in [2.05, 4.69) is 0 Å². The Labute approximate surface area is 205 Å². The standard InChI is InChI=1S/C25H24F3NO6S/c1-2-34-24(31)18-4-3-11-29(15-18)36(32,33)19-8-5-16(6-9-19)12-17-7-10-22-20(13-17)21(25(26,27)28)14-23(30)35-22/h5-10,13-14,18H,2-4,11-12,15H2,1H3. The van der Waals surface area contributed by atoms with Crippen LogP contribution >= 0.6 is 0 Å². The number of sulfonamides is 1. The zero-order valence-corrected chi connectivity index (χ0v) is 20.2. The minimum absolute atomic E-state index is 0.0532. The summed E-state index contributed by atoms with van der Waals surface area (Å²) in [6.45, 7) is 2.28. The third-order valence-corrected chi connectivity index (χ3v) is 7.97. The average molecular weight is 524 g/mol. The van der Waals surface area contributed by atoms with Crippen LogP contribution in [0.5, 0.6) is 0 Å². The van der Waals surface area contributed by atoms with Gasteiger partial charge in [0.25, 0.3) is 0 Å². The van der Waals surface area contributed by atoms with Gasteiger partial charge in [-0.1, -0.05) is 18.2 Å². The molecule has 0 radical (unpaired) electrons. The second kappa shape index (κ2) is 10.1. The summed E-state index contributed by atoms with van der Waals surface area (Å²) < 4.78 is 77.7. The fourth-order valence-corrected chi connectivity index (χ4v) is 5.86. The van der Waals surface area contributed by atoms with Crippen molar-refractivity contribution in [3.8, 4) is 0 Å². The van der Waals surface area contributed by atoms with Crippen LogP contribution in [0.3, 0.4) is 0 Å². The van der Waals surface area contributed by atoms with Crippen LogP contribution in [0.2, 0.25) is 0 Å². The van der Waals surface area contributed by atoms with Crippen LogP contribution in [0.15, 0.2) is 62.6 Å². The molecule has 36 heavy (non-hydrogen) atoms. The van der Waals surface area contributed by atoms with E-state index in [0.29, 0.717) is 36.6 Å². The first-order valence-electron chi connectivity index (χ1n) is 11.4. The first-order valence-corrected chi connectivity index (χ1v) is 12.8. The Kier molecular flexibility index (Phi) is 7.24. The Bertz CT molecular complexity index is 1430. The Balaban J connectivity index is 1.54. The van der Waals surface area contributed by atoms with Crippen LogP contribution in [0, 0.1) is 5.92 Å². The summed E-state index contributed by atoms with van der Waals surface area (Å²) in [6.07, 6.45) is -3.37. The van der Waals surface area contributed by atoms with Gasteiger partial charge < -0.3 is 9.15 Å². The average Bonchev–Trinajstić information content (AvgIpc) is 2.84. The molecule has 11 heteroatoms. The molecule has 1 aliphatic heterocycles. The predicted molar refractivity (Wildman–Crippen MR) is 125 cm³/mol. The van der Waals surface area contributed by atoms with Crippen molar-refractivity contribution in [1.82, 2.24) is 4.31 Å². The van der Waals surface area contributed by atoms with E-state index in [1.54, 1.807) is 25.1 Å².